The summed E-state index contributed by atoms with van der Waals surface area (Å²) >= 11 is 0. The van der Waals surface area contributed by atoms with Gasteiger partial charge in [0.2, 0.25) is 0 Å². The van der Waals surface area contributed by atoms with Crippen LogP contribution in [0.1, 0.15) is 16.8 Å². The van der Waals surface area contributed by atoms with E-state index in [9.17, 15) is 4.79 Å². The minimum atomic E-state index is -0.110. The largest absolute Gasteiger partial charge is 0.387 e. The Hall–Kier alpha value is -2.80. The molecule has 0 bridgehead atoms. The molecule has 0 aliphatic heterocycles. The zero-order valence-corrected chi connectivity index (χ0v) is 11.9. The monoisotopic (exact) mass is 279 g/mol. The standard InChI is InChI=1S/C17H17N3O/c1-19-16-11-6-5-10-15(16)17(21)20(13-7-12-18)14-8-3-2-4-9-14/h2-6,8-11,19H,7,13H2,1H3. The van der Waals surface area contributed by atoms with Gasteiger partial charge in [-0.05, 0) is 24.3 Å². The molecule has 4 heteroatoms. The molecule has 1 N–H and O–H groups in total. The normalized spacial score (nSPS) is 9.71. The second-order valence-electron chi connectivity index (χ2n) is 4.50. The first-order valence-corrected chi connectivity index (χ1v) is 6.78. The number of carbonyl (C=O) groups excluding carboxylic acids is 1. The molecule has 0 saturated carbocycles. The molecule has 0 heterocycles. The first-order chi connectivity index (χ1) is 10.3. The summed E-state index contributed by atoms with van der Waals surface area (Å²) in [5.41, 5.74) is 2.17. The van der Waals surface area contributed by atoms with Crippen LogP contribution in [0.4, 0.5) is 11.4 Å². The van der Waals surface area contributed by atoms with E-state index >= 15 is 0 Å². The van der Waals surface area contributed by atoms with Gasteiger partial charge in [-0.25, -0.2) is 0 Å². The number of nitrogens with one attached hydrogen (secondary N) is 1. The number of amides is 1. The fraction of sp³-hybridized carbons (Fsp3) is 0.176. The van der Waals surface area contributed by atoms with Crippen molar-refractivity contribution in [3.8, 4) is 6.07 Å². The quantitative estimate of drug-likeness (QED) is 0.913. The fourth-order valence-electron chi connectivity index (χ4n) is 2.15. The maximum atomic E-state index is 12.8. The summed E-state index contributed by atoms with van der Waals surface area (Å²) in [6.45, 7) is 0.372. The Labute approximate surface area is 124 Å². The van der Waals surface area contributed by atoms with Crippen molar-refractivity contribution in [2.24, 2.45) is 0 Å². The molecule has 0 atom stereocenters. The first-order valence-electron chi connectivity index (χ1n) is 6.78. The van der Waals surface area contributed by atoms with E-state index in [0.29, 0.717) is 18.5 Å². The molecule has 0 saturated heterocycles. The van der Waals surface area contributed by atoms with Gasteiger partial charge in [0.1, 0.15) is 0 Å². The lowest BCUT2D eigenvalue weighted by atomic mass is 10.1. The Bertz CT molecular complexity index is 647. The van der Waals surface area contributed by atoms with Crippen LogP contribution in [-0.2, 0) is 0 Å². The second-order valence-corrected chi connectivity index (χ2v) is 4.50. The van der Waals surface area contributed by atoms with Gasteiger partial charge in [0.05, 0.1) is 18.1 Å². The van der Waals surface area contributed by atoms with Crippen molar-refractivity contribution in [1.29, 1.82) is 5.26 Å². The number of hydrogen-bond acceptors (Lipinski definition) is 3. The Kier molecular flexibility index (Phi) is 4.94. The highest BCUT2D eigenvalue weighted by Crippen LogP contribution is 2.21. The summed E-state index contributed by atoms with van der Waals surface area (Å²) in [6.07, 6.45) is 0.294. The maximum Gasteiger partial charge on any atom is 0.260 e. The van der Waals surface area contributed by atoms with Gasteiger partial charge < -0.3 is 10.2 Å². The second kappa shape index (κ2) is 7.11. The minimum absolute atomic E-state index is 0.110. The molecule has 0 aromatic heterocycles. The van der Waals surface area contributed by atoms with Crippen LogP contribution >= 0.6 is 0 Å². The van der Waals surface area contributed by atoms with E-state index in [4.69, 9.17) is 5.26 Å². The number of nitriles is 1. The number of carbonyl (C=O) groups is 1. The third-order valence-corrected chi connectivity index (χ3v) is 3.19. The predicted molar refractivity (Wildman–Crippen MR) is 84.3 cm³/mol. The SMILES string of the molecule is CNc1ccccc1C(=O)N(CCC#N)c1ccccc1. The smallest absolute Gasteiger partial charge is 0.260 e. The van der Waals surface area contributed by atoms with Crippen molar-refractivity contribution in [3.05, 3.63) is 60.2 Å². The van der Waals surface area contributed by atoms with Crippen LogP contribution in [0.3, 0.4) is 0 Å². The molecule has 0 aliphatic carbocycles. The fourth-order valence-corrected chi connectivity index (χ4v) is 2.15. The van der Waals surface area contributed by atoms with Gasteiger partial charge in [0, 0.05) is 25.0 Å². The molecule has 4 nitrogen and oxygen atoms in total. The van der Waals surface area contributed by atoms with E-state index in [-0.39, 0.29) is 5.91 Å². The van der Waals surface area contributed by atoms with Crippen LogP contribution in [0.25, 0.3) is 0 Å². The van der Waals surface area contributed by atoms with Gasteiger partial charge in [-0.1, -0.05) is 30.3 Å². The lowest BCUT2D eigenvalue weighted by Gasteiger charge is -2.23. The van der Waals surface area contributed by atoms with E-state index < -0.39 is 0 Å². The highest BCUT2D eigenvalue weighted by molar-refractivity contribution is 6.09. The van der Waals surface area contributed by atoms with Gasteiger partial charge >= 0.3 is 0 Å². The zero-order chi connectivity index (χ0) is 15.1. The summed E-state index contributed by atoms with van der Waals surface area (Å²) in [7, 11) is 1.79. The topological polar surface area (TPSA) is 56.1 Å². The number of nitrogens with zero attached hydrogens (tertiary/aromatic N) is 2. The predicted octanol–water partition coefficient (Wildman–Crippen LogP) is 3.29. The zero-order valence-electron chi connectivity index (χ0n) is 11.9. The minimum Gasteiger partial charge on any atom is -0.387 e. The van der Waals surface area contributed by atoms with Crippen LogP contribution in [-0.4, -0.2) is 19.5 Å². The number of rotatable bonds is 5. The van der Waals surface area contributed by atoms with Crippen molar-refractivity contribution in [3.63, 3.8) is 0 Å². The Morgan fingerprint density at radius 1 is 1.14 bits per heavy atom. The van der Waals surface area contributed by atoms with E-state index in [1.165, 1.54) is 0 Å². The molecule has 2 aromatic rings. The van der Waals surface area contributed by atoms with Gasteiger partial charge in [-0.3, -0.25) is 4.79 Å². The molecule has 21 heavy (non-hydrogen) atoms. The number of benzene rings is 2. The third kappa shape index (κ3) is 3.40. The third-order valence-electron chi connectivity index (χ3n) is 3.19. The van der Waals surface area contributed by atoms with Crippen molar-refractivity contribution < 1.29 is 4.79 Å². The summed E-state index contributed by atoms with van der Waals surface area (Å²) in [5, 5.41) is 11.8. The van der Waals surface area contributed by atoms with Crippen molar-refractivity contribution in [1.82, 2.24) is 0 Å². The van der Waals surface area contributed by atoms with E-state index in [1.54, 1.807) is 18.0 Å². The lowest BCUT2D eigenvalue weighted by molar-refractivity contribution is 0.0988. The van der Waals surface area contributed by atoms with Gasteiger partial charge in [0.15, 0.2) is 0 Å². The molecule has 2 rings (SSSR count). The van der Waals surface area contributed by atoms with E-state index in [2.05, 4.69) is 11.4 Å². The van der Waals surface area contributed by atoms with E-state index in [1.807, 2.05) is 48.5 Å². The van der Waals surface area contributed by atoms with Crippen molar-refractivity contribution >= 4 is 17.3 Å². The van der Waals surface area contributed by atoms with Crippen molar-refractivity contribution in [2.75, 3.05) is 23.8 Å². The molecular weight excluding hydrogens is 262 g/mol. The van der Waals surface area contributed by atoms with Crippen LogP contribution in [0.2, 0.25) is 0 Å². The highest BCUT2D eigenvalue weighted by atomic mass is 16.2. The Morgan fingerprint density at radius 2 is 1.81 bits per heavy atom. The van der Waals surface area contributed by atoms with Gasteiger partial charge in [-0.15, -0.1) is 0 Å². The maximum absolute atomic E-state index is 12.8. The van der Waals surface area contributed by atoms with Crippen LogP contribution < -0.4 is 10.2 Å². The van der Waals surface area contributed by atoms with Crippen LogP contribution in [0.5, 0.6) is 0 Å². The lowest BCUT2D eigenvalue weighted by Crippen LogP contribution is -2.32. The average Bonchev–Trinajstić information content (AvgIpc) is 2.56. The van der Waals surface area contributed by atoms with Crippen molar-refractivity contribution in [2.45, 2.75) is 6.42 Å². The molecule has 0 aliphatic rings. The first kappa shape index (κ1) is 14.6. The average molecular weight is 279 g/mol. The number of hydrogen-bond donors (Lipinski definition) is 1. The van der Waals surface area contributed by atoms with E-state index in [0.717, 1.165) is 11.4 Å². The Balaban J connectivity index is 2.37. The molecule has 0 spiro atoms. The summed E-state index contributed by atoms with van der Waals surface area (Å²) in [5.74, 6) is -0.110. The molecule has 0 fully saturated rings. The molecule has 0 unspecified atom stereocenters. The molecular formula is C17H17N3O. The van der Waals surface area contributed by atoms with Crippen LogP contribution in [0.15, 0.2) is 54.6 Å². The molecule has 1 amide bonds. The molecule has 106 valence electrons. The number of anilines is 2. The summed E-state index contributed by atoms with van der Waals surface area (Å²) in [6, 6.07) is 18.9. The molecule has 0 radical (unpaired) electrons. The van der Waals surface area contributed by atoms with Gasteiger partial charge in [-0.2, -0.15) is 5.26 Å². The van der Waals surface area contributed by atoms with Gasteiger partial charge in [0.25, 0.3) is 5.91 Å². The summed E-state index contributed by atoms with van der Waals surface area (Å²) in [4.78, 5) is 14.4. The molecule has 2 aromatic carbocycles. The Morgan fingerprint density at radius 3 is 2.48 bits per heavy atom. The number of para-hydroxylation sites is 2. The highest BCUT2D eigenvalue weighted by Gasteiger charge is 2.19. The van der Waals surface area contributed by atoms with Crippen LogP contribution in [0, 0.1) is 11.3 Å². The summed E-state index contributed by atoms with van der Waals surface area (Å²) < 4.78 is 0.